The first-order chi connectivity index (χ1) is 12.6. The monoisotopic (exact) mass is 353 g/mol. The van der Waals surface area contributed by atoms with Gasteiger partial charge in [0.15, 0.2) is 5.75 Å². The van der Waals surface area contributed by atoms with Crippen molar-refractivity contribution < 1.29 is 14.6 Å². The fraction of sp³-hybridized carbons (Fsp3) is 0.350. The van der Waals surface area contributed by atoms with Crippen LogP contribution in [-0.2, 0) is 13.6 Å². The van der Waals surface area contributed by atoms with Gasteiger partial charge >= 0.3 is 0 Å². The van der Waals surface area contributed by atoms with Crippen molar-refractivity contribution in [2.24, 2.45) is 7.05 Å². The summed E-state index contributed by atoms with van der Waals surface area (Å²) < 4.78 is 12.9. The summed E-state index contributed by atoms with van der Waals surface area (Å²) in [6.07, 6.45) is 2.75. The van der Waals surface area contributed by atoms with Gasteiger partial charge in [0, 0.05) is 26.7 Å². The number of aryl methyl sites for hydroxylation is 1. The third kappa shape index (κ3) is 3.52. The van der Waals surface area contributed by atoms with Gasteiger partial charge < -0.3 is 14.6 Å². The summed E-state index contributed by atoms with van der Waals surface area (Å²) in [5.74, 6) is 1.56. The van der Waals surface area contributed by atoms with Crippen LogP contribution in [-0.4, -0.2) is 52.2 Å². The van der Waals surface area contributed by atoms with Crippen LogP contribution in [0.25, 0.3) is 10.8 Å². The zero-order valence-corrected chi connectivity index (χ0v) is 15.0. The lowest BCUT2D eigenvalue weighted by molar-refractivity contribution is 0.0736. The van der Waals surface area contributed by atoms with Crippen molar-refractivity contribution in [3.05, 3.63) is 54.4 Å². The van der Waals surface area contributed by atoms with Crippen molar-refractivity contribution in [2.75, 3.05) is 20.2 Å². The largest absolute Gasteiger partial charge is 0.497 e. The summed E-state index contributed by atoms with van der Waals surface area (Å²) >= 11 is 0. The Hall–Kier alpha value is -2.57. The average molecular weight is 353 g/mol. The Morgan fingerprint density at radius 2 is 1.92 bits per heavy atom. The molecule has 1 aliphatic rings. The van der Waals surface area contributed by atoms with Gasteiger partial charge in [0.1, 0.15) is 18.0 Å². The maximum atomic E-state index is 10.3. The topological polar surface area (TPSA) is 59.8 Å². The van der Waals surface area contributed by atoms with E-state index in [0.29, 0.717) is 18.8 Å². The number of ether oxygens (including phenoxy) is 2. The van der Waals surface area contributed by atoms with E-state index in [9.17, 15) is 5.11 Å². The number of hydrogen-bond acceptors (Lipinski definition) is 5. The Kier molecular flexibility index (Phi) is 4.53. The Labute approximate surface area is 152 Å². The smallest absolute Gasteiger partial charge is 0.157 e. The van der Waals surface area contributed by atoms with Crippen molar-refractivity contribution in [1.82, 2.24) is 14.7 Å². The summed E-state index contributed by atoms with van der Waals surface area (Å²) in [5.41, 5.74) is 1.22. The van der Waals surface area contributed by atoms with Crippen LogP contribution in [0.2, 0.25) is 0 Å². The van der Waals surface area contributed by atoms with E-state index < -0.39 is 6.10 Å². The van der Waals surface area contributed by atoms with Gasteiger partial charge in [-0.25, -0.2) is 0 Å². The van der Waals surface area contributed by atoms with E-state index >= 15 is 0 Å². The summed E-state index contributed by atoms with van der Waals surface area (Å²) in [5, 5.41) is 16.8. The molecule has 6 nitrogen and oxygen atoms in total. The van der Waals surface area contributed by atoms with Gasteiger partial charge in [0.25, 0.3) is 0 Å². The van der Waals surface area contributed by atoms with Gasteiger partial charge in [-0.1, -0.05) is 18.2 Å². The number of methoxy groups -OCH3 is 1. The van der Waals surface area contributed by atoms with Gasteiger partial charge in [-0.3, -0.25) is 9.58 Å². The highest BCUT2D eigenvalue weighted by Crippen LogP contribution is 2.24. The van der Waals surface area contributed by atoms with Gasteiger partial charge in [-0.05, 0) is 34.5 Å². The number of hydrogen-bond donors (Lipinski definition) is 1. The molecule has 1 N–H and O–H groups in total. The van der Waals surface area contributed by atoms with Crippen LogP contribution in [0.5, 0.6) is 11.5 Å². The highest BCUT2D eigenvalue weighted by Gasteiger charge is 2.33. The zero-order chi connectivity index (χ0) is 18.1. The lowest BCUT2D eigenvalue weighted by Crippen LogP contribution is -2.29. The summed E-state index contributed by atoms with van der Waals surface area (Å²) in [6, 6.07) is 12.5. The molecule has 0 amide bonds. The second-order valence-electron chi connectivity index (χ2n) is 6.81. The van der Waals surface area contributed by atoms with Crippen molar-refractivity contribution in [2.45, 2.75) is 18.8 Å². The molecule has 1 aromatic heterocycles. The lowest BCUT2D eigenvalue weighted by atomic mass is 10.1. The van der Waals surface area contributed by atoms with Crippen LogP contribution >= 0.6 is 0 Å². The number of benzene rings is 2. The SMILES string of the molecule is COc1ccc2cc(CN3C[C@@H](O)[C@H](Oc4cnn(C)c4)C3)ccc2c1. The van der Waals surface area contributed by atoms with Gasteiger partial charge in [0.05, 0.1) is 19.5 Å². The van der Waals surface area contributed by atoms with E-state index in [-0.39, 0.29) is 6.10 Å². The predicted molar refractivity (Wildman–Crippen MR) is 99.4 cm³/mol. The maximum Gasteiger partial charge on any atom is 0.157 e. The van der Waals surface area contributed by atoms with Crippen LogP contribution in [0.3, 0.4) is 0 Å². The first-order valence-corrected chi connectivity index (χ1v) is 8.73. The normalized spacial score (nSPS) is 20.6. The number of likely N-dealkylation sites (tertiary alicyclic amines) is 1. The van der Waals surface area contributed by atoms with Crippen molar-refractivity contribution in [3.8, 4) is 11.5 Å². The highest BCUT2D eigenvalue weighted by molar-refractivity contribution is 5.84. The van der Waals surface area contributed by atoms with Crippen molar-refractivity contribution in [1.29, 1.82) is 0 Å². The number of nitrogens with zero attached hydrogens (tertiary/aromatic N) is 3. The summed E-state index contributed by atoms with van der Waals surface area (Å²) in [4.78, 5) is 2.22. The van der Waals surface area contributed by atoms with E-state index in [1.54, 1.807) is 18.0 Å². The molecule has 2 atom stereocenters. The molecule has 26 heavy (non-hydrogen) atoms. The van der Waals surface area contributed by atoms with Gasteiger partial charge in [-0.15, -0.1) is 0 Å². The predicted octanol–water partition coefficient (Wildman–Crippen LogP) is 2.21. The van der Waals surface area contributed by atoms with Crippen LogP contribution in [0.4, 0.5) is 0 Å². The Bertz CT molecular complexity index is 908. The molecule has 4 rings (SSSR count). The molecule has 1 fully saturated rings. The second kappa shape index (κ2) is 6.97. The molecule has 0 unspecified atom stereocenters. The number of aliphatic hydroxyl groups excluding tert-OH is 1. The summed E-state index contributed by atoms with van der Waals surface area (Å²) in [7, 11) is 3.53. The van der Waals surface area contributed by atoms with Crippen LogP contribution in [0, 0.1) is 0 Å². The Morgan fingerprint density at radius 3 is 2.69 bits per heavy atom. The first-order valence-electron chi connectivity index (χ1n) is 8.73. The quantitative estimate of drug-likeness (QED) is 0.762. The molecule has 1 aliphatic heterocycles. The molecule has 136 valence electrons. The van der Waals surface area contributed by atoms with Crippen LogP contribution < -0.4 is 9.47 Å². The minimum atomic E-state index is -0.500. The van der Waals surface area contributed by atoms with E-state index in [0.717, 1.165) is 17.7 Å². The maximum absolute atomic E-state index is 10.3. The molecule has 3 aromatic rings. The Balaban J connectivity index is 1.43. The van der Waals surface area contributed by atoms with E-state index in [1.165, 1.54) is 10.9 Å². The molecule has 0 spiro atoms. The molecule has 0 radical (unpaired) electrons. The number of fused-ring (bicyclic) bond motifs is 1. The first kappa shape index (κ1) is 16.9. The van der Waals surface area contributed by atoms with E-state index in [4.69, 9.17) is 9.47 Å². The molecular formula is C20H23N3O3. The minimum absolute atomic E-state index is 0.232. The van der Waals surface area contributed by atoms with Crippen molar-refractivity contribution >= 4 is 10.8 Å². The van der Waals surface area contributed by atoms with Gasteiger partial charge in [-0.2, -0.15) is 5.10 Å². The van der Waals surface area contributed by atoms with Crippen LogP contribution in [0.1, 0.15) is 5.56 Å². The average Bonchev–Trinajstić information content (AvgIpc) is 3.20. The molecular weight excluding hydrogens is 330 g/mol. The summed E-state index contributed by atoms with van der Waals surface area (Å²) in [6.45, 7) is 2.08. The van der Waals surface area contributed by atoms with Crippen molar-refractivity contribution in [3.63, 3.8) is 0 Å². The number of β-amino-alcohol motifs (C(OH)–C–C–N with tert-alkyl or cyclic N) is 1. The molecule has 0 bridgehead atoms. The number of aliphatic hydroxyl groups is 1. The molecule has 0 aliphatic carbocycles. The van der Waals surface area contributed by atoms with E-state index in [2.05, 4.69) is 34.3 Å². The fourth-order valence-electron chi connectivity index (χ4n) is 3.47. The molecule has 1 saturated heterocycles. The minimum Gasteiger partial charge on any atom is -0.497 e. The highest BCUT2D eigenvalue weighted by atomic mass is 16.5. The molecule has 6 heteroatoms. The van der Waals surface area contributed by atoms with E-state index in [1.807, 2.05) is 25.4 Å². The van der Waals surface area contributed by atoms with Crippen LogP contribution in [0.15, 0.2) is 48.8 Å². The lowest BCUT2D eigenvalue weighted by Gasteiger charge is -2.16. The molecule has 0 saturated carbocycles. The third-order valence-corrected chi connectivity index (χ3v) is 4.80. The fourth-order valence-corrected chi connectivity index (χ4v) is 3.47. The standard InChI is InChI=1S/C20H23N3O3/c1-22-11-18(9-21-22)26-20-13-23(12-19(20)24)10-14-3-4-16-8-17(25-2)6-5-15(16)7-14/h3-9,11,19-20,24H,10,12-13H2,1-2H3/t19-,20-/m1/s1. The number of aromatic nitrogens is 2. The second-order valence-corrected chi connectivity index (χ2v) is 6.81. The Morgan fingerprint density at radius 1 is 1.12 bits per heavy atom. The zero-order valence-electron chi connectivity index (χ0n) is 15.0. The molecule has 2 aromatic carbocycles. The third-order valence-electron chi connectivity index (χ3n) is 4.80. The molecule has 2 heterocycles. The van der Waals surface area contributed by atoms with Gasteiger partial charge in [0.2, 0.25) is 0 Å². The number of rotatable bonds is 5.